The average molecular weight is 381 g/mol. The number of amides is 5. The highest BCUT2D eigenvalue weighted by atomic mass is 16.5. The summed E-state index contributed by atoms with van der Waals surface area (Å²) >= 11 is 0. The maximum atomic E-state index is 12.6. The second kappa shape index (κ2) is 6.72. The van der Waals surface area contributed by atoms with E-state index in [-0.39, 0.29) is 18.7 Å². The third-order valence-electron chi connectivity index (χ3n) is 4.60. The van der Waals surface area contributed by atoms with E-state index in [1.165, 1.54) is 12.3 Å². The number of carbonyl (C=O) groups excluding carboxylic acids is 4. The summed E-state index contributed by atoms with van der Waals surface area (Å²) in [5.41, 5.74) is -1.84. The summed E-state index contributed by atoms with van der Waals surface area (Å²) in [7, 11) is 0. The fourth-order valence-electron chi connectivity index (χ4n) is 3.34. The molecular formula is C18H15N5O5. The molecule has 2 aromatic rings. The van der Waals surface area contributed by atoms with Crippen LogP contribution in [0.25, 0.3) is 0 Å². The van der Waals surface area contributed by atoms with Crippen LogP contribution in [-0.4, -0.2) is 39.3 Å². The molecule has 2 aromatic heterocycles. The van der Waals surface area contributed by atoms with Crippen LogP contribution in [-0.2, 0) is 14.4 Å². The molecule has 1 spiro atoms. The number of piperidine rings is 1. The van der Waals surface area contributed by atoms with Gasteiger partial charge in [0.05, 0.1) is 6.20 Å². The number of imide groups is 2. The summed E-state index contributed by atoms with van der Waals surface area (Å²) in [4.78, 5) is 58.4. The summed E-state index contributed by atoms with van der Waals surface area (Å²) in [5.74, 6) is -1.03. The van der Waals surface area contributed by atoms with Gasteiger partial charge in [-0.25, -0.2) is 9.78 Å². The van der Waals surface area contributed by atoms with Crippen LogP contribution in [0.15, 0.2) is 42.9 Å². The third kappa shape index (κ3) is 2.84. The fraction of sp³-hybridized carbons (Fsp3) is 0.222. The molecule has 0 aliphatic carbocycles. The first-order chi connectivity index (χ1) is 13.5. The molecule has 10 heteroatoms. The molecule has 0 bridgehead atoms. The lowest BCUT2D eigenvalue weighted by atomic mass is 9.83. The van der Waals surface area contributed by atoms with Crippen LogP contribution in [0, 0.1) is 0 Å². The van der Waals surface area contributed by atoms with E-state index in [1.807, 2.05) is 0 Å². The quantitative estimate of drug-likeness (QED) is 0.755. The molecule has 10 nitrogen and oxygen atoms in total. The lowest BCUT2D eigenvalue weighted by Gasteiger charge is -2.44. The molecule has 4 heterocycles. The van der Waals surface area contributed by atoms with Gasteiger partial charge in [0, 0.05) is 18.8 Å². The Balaban J connectivity index is 1.67. The van der Waals surface area contributed by atoms with E-state index in [4.69, 9.17) is 4.74 Å². The first-order valence-electron chi connectivity index (χ1n) is 8.54. The first-order valence-corrected chi connectivity index (χ1v) is 8.54. The van der Waals surface area contributed by atoms with Crippen LogP contribution in [0.1, 0.15) is 19.3 Å². The van der Waals surface area contributed by atoms with Crippen LogP contribution in [0.2, 0.25) is 0 Å². The van der Waals surface area contributed by atoms with Gasteiger partial charge in [0.1, 0.15) is 17.3 Å². The second-order valence-electron chi connectivity index (χ2n) is 6.32. The number of hydrogen-bond acceptors (Lipinski definition) is 7. The minimum absolute atomic E-state index is 0.0840. The number of rotatable bonds is 3. The van der Waals surface area contributed by atoms with Crippen LogP contribution >= 0.6 is 0 Å². The van der Waals surface area contributed by atoms with Crippen LogP contribution in [0.3, 0.4) is 0 Å². The number of aromatic nitrogens is 2. The van der Waals surface area contributed by atoms with E-state index in [1.54, 1.807) is 30.6 Å². The average Bonchev–Trinajstić information content (AvgIpc) is 2.68. The molecule has 2 N–H and O–H groups in total. The minimum atomic E-state index is -1.84. The standard InChI is InChI=1S/C18H15N5O5/c24-14-2-1-7-18(15(25)21-17(27)22-16(18)26)23(14)13-4-3-12(10-20-13)28-11-5-8-19-9-6-11/h3-6,8-10H,1-2,7H2,(H2,21,22,25,26,27). The van der Waals surface area contributed by atoms with Gasteiger partial charge in [-0.15, -0.1) is 0 Å². The lowest BCUT2D eigenvalue weighted by molar-refractivity contribution is -0.143. The van der Waals surface area contributed by atoms with Crippen LogP contribution in [0.4, 0.5) is 10.6 Å². The van der Waals surface area contributed by atoms with E-state index >= 15 is 0 Å². The molecule has 0 saturated carbocycles. The van der Waals surface area contributed by atoms with Gasteiger partial charge in [-0.3, -0.25) is 34.9 Å². The number of hydrogen-bond donors (Lipinski definition) is 2. The Morgan fingerprint density at radius 1 is 0.964 bits per heavy atom. The van der Waals surface area contributed by atoms with Crippen molar-refractivity contribution in [2.75, 3.05) is 4.90 Å². The number of ether oxygens (including phenoxy) is 1. The molecule has 2 fully saturated rings. The SMILES string of the molecule is O=C1NC(=O)C2(CCCC(=O)N2c2ccc(Oc3ccncc3)cn2)C(=O)N1. The highest BCUT2D eigenvalue weighted by molar-refractivity contribution is 6.27. The summed E-state index contributed by atoms with van der Waals surface area (Å²) in [6, 6.07) is 5.49. The zero-order valence-corrected chi connectivity index (χ0v) is 14.5. The summed E-state index contributed by atoms with van der Waals surface area (Å²) in [6.07, 6.45) is 5.13. The molecule has 0 atom stereocenters. The molecule has 2 aliphatic heterocycles. The molecule has 142 valence electrons. The van der Waals surface area contributed by atoms with E-state index in [0.29, 0.717) is 17.9 Å². The lowest BCUT2D eigenvalue weighted by Crippen LogP contribution is -2.75. The smallest absolute Gasteiger partial charge is 0.328 e. The van der Waals surface area contributed by atoms with E-state index in [2.05, 4.69) is 20.6 Å². The number of nitrogens with one attached hydrogen (secondary N) is 2. The Morgan fingerprint density at radius 2 is 1.68 bits per heavy atom. The predicted octanol–water partition coefficient (Wildman–Crippen LogP) is 0.891. The van der Waals surface area contributed by atoms with Gasteiger partial charge in [-0.05, 0) is 37.1 Å². The number of nitrogens with zero attached hydrogens (tertiary/aromatic N) is 3. The van der Waals surface area contributed by atoms with Crippen LogP contribution < -0.4 is 20.3 Å². The zero-order valence-electron chi connectivity index (χ0n) is 14.5. The fourth-order valence-corrected chi connectivity index (χ4v) is 3.34. The van der Waals surface area contributed by atoms with Crippen molar-refractivity contribution in [1.82, 2.24) is 20.6 Å². The number of carbonyl (C=O) groups is 4. The number of barbiturate groups is 1. The normalized spacial score (nSPS) is 18.6. The Hall–Kier alpha value is -3.82. The summed E-state index contributed by atoms with van der Waals surface area (Å²) in [5, 5.41) is 4.15. The molecule has 4 rings (SSSR count). The van der Waals surface area contributed by atoms with E-state index in [0.717, 1.165) is 4.90 Å². The molecule has 0 aromatic carbocycles. The van der Waals surface area contributed by atoms with Crippen molar-refractivity contribution in [3.05, 3.63) is 42.9 Å². The van der Waals surface area contributed by atoms with Crippen LogP contribution in [0.5, 0.6) is 11.5 Å². The highest BCUT2D eigenvalue weighted by Crippen LogP contribution is 2.35. The number of anilines is 1. The molecule has 2 aliphatic rings. The zero-order chi connectivity index (χ0) is 19.7. The summed E-state index contributed by atoms with van der Waals surface area (Å²) < 4.78 is 5.63. The third-order valence-corrected chi connectivity index (χ3v) is 4.60. The Labute approximate surface area is 158 Å². The van der Waals surface area contributed by atoms with Crippen molar-refractivity contribution in [2.45, 2.75) is 24.8 Å². The largest absolute Gasteiger partial charge is 0.456 e. The second-order valence-corrected chi connectivity index (χ2v) is 6.32. The van der Waals surface area contributed by atoms with Gasteiger partial charge in [-0.1, -0.05) is 0 Å². The monoisotopic (exact) mass is 381 g/mol. The van der Waals surface area contributed by atoms with Gasteiger partial charge < -0.3 is 4.74 Å². The van der Waals surface area contributed by atoms with Gasteiger partial charge in [-0.2, -0.15) is 0 Å². The van der Waals surface area contributed by atoms with Crippen molar-refractivity contribution < 1.29 is 23.9 Å². The Morgan fingerprint density at radius 3 is 2.32 bits per heavy atom. The highest BCUT2D eigenvalue weighted by Gasteiger charge is 2.58. The molecule has 28 heavy (non-hydrogen) atoms. The number of pyridine rings is 2. The molecule has 0 radical (unpaired) electrons. The van der Waals surface area contributed by atoms with Gasteiger partial charge in [0.25, 0.3) is 11.8 Å². The summed E-state index contributed by atoms with van der Waals surface area (Å²) in [6.45, 7) is 0. The van der Waals surface area contributed by atoms with Crippen molar-refractivity contribution in [3.8, 4) is 11.5 Å². The van der Waals surface area contributed by atoms with E-state index < -0.39 is 29.3 Å². The van der Waals surface area contributed by atoms with Crippen molar-refractivity contribution >= 4 is 29.6 Å². The molecule has 5 amide bonds. The molecular weight excluding hydrogens is 366 g/mol. The predicted molar refractivity (Wildman–Crippen MR) is 94.3 cm³/mol. The number of urea groups is 1. The Kier molecular flexibility index (Phi) is 4.22. The Bertz CT molecular complexity index is 940. The molecule has 2 saturated heterocycles. The van der Waals surface area contributed by atoms with E-state index in [9.17, 15) is 19.2 Å². The minimum Gasteiger partial charge on any atom is -0.456 e. The maximum absolute atomic E-state index is 12.6. The van der Waals surface area contributed by atoms with Crippen molar-refractivity contribution in [1.29, 1.82) is 0 Å². The van der Waals surface area contributed by atoms with Crippen molar-refractivity contribution in [2.24, 2.45) is 0 Å². The van der Waals surface area contributed by atoms with Gasteiger partial charge >= 0.3 is 6.03 Å². The first kappa shape index (κ1) is 17.6. The topological polar surface area (TPSA) is 131 Å². The van der Waals surface area contributed by atoms with Crippen molar-refractivity contribution in [3.63, 3.8) is 0 Å². The van der Waals surface area contributed by atoms with Gasteiger partial charge in [0.15, 0.2) is 0 Å². The van der Waals surface area contributed by atoms with Gasteiger partial charge in [0.2, 0.25) is 11.4 Å². The maximum Gasteiger partial charge on any atom is 0.328 e. The molecule has 0 unspecified atom stereocenters.